The van der Waals surface area contributed by atoms with Gasteiger partial charge >= 0.3 is 0 Å². The number of hydrogen-bond donors (Lipinski definition) is 1. The minimum absolute atomic E-state index is 0.158. The predicted molar refractivity (Wildman–Crippen MR) is 95.2 cm³/mol. The van der Waals surface area contributed by atoms with E-state index < -0.39 is 11.6 Å². The summed E-state index contributed by atoms with van der Waals surface area (Å²) in [7, 11) is 2.99. The van der Waals surface area contributed by atoms with Gasteiger partial charge in [-0.1, -0.05) is 6.07 Å². The van der Waals surface area contributed by atoms with Crippen molar-refractivity contribution in [1.82, 2.24) is 9.55 Å². The van der Waals surface area contributed by atoms with Crippen LogP contribution >= 0.6 is 0 Å². The normalized spacial score (nSPS) is 10.5. The molecule has 140 valence electrons. The van der Waals surface area contributed by atoms with Crippen molar-refractivity contribution in [3.05, 3.63) is 71.7 Å². The first-order chi connectivity index (χ1) is 13.0. The van der Waals surface area contributed by atoms with E-state index in [4.69, 9.17) is 9.47 Å². The molecule has 1 heterocycles. The lowest BCUT2D eigenvalue weighted by Crippen LogP contribution is -2.12. The standard InChI is InChI=1S/C19H17F2N3O3/c1-26-16-6-4-12(7-17(16)27-2)19(25)23-18-10-24(11-22-18)9-13-3-5-14(20)8-15(13)21/h3-8,10-11H,9H2,1-2H3,(H,23,25). The zero-order chi connectivity index (χ0) is 19.4. The summed E-state index contributed by atoms with van der Waals surface area (Å²) in [6.07, 6.45) is 3.01. The zero-order valence-electron chi connectivity index (χ0n) is 14.7. The fourth-order valence-corrected chi connectivity index (χ4v) is 2.52. The Hall–Kier alpha value is -3.42. The van der Waals surface area contributed by atoms with Crippen LogP contribution in [-0.2, 0) is 6.54 Å². The molecule has 3 aromatic rings. The highest BCUT2D eigenvalue weighted by molar-refractivity contribution is 6.04. The highest BCUT2D eigenvalue weighted by Gasteiger charge is 2.12. The van der Waals surface area contributed by atoms with Gasteiger partial charge in [-0.15, -0.1) is 0 Å². The summed E-state index contributed by atoms with van der Waals surface area (Å²) in [5, 5.41) is 2.66. The van der Waals surface area contributed by atoms with Crippen molar-refractivity contribution in [1.29, 1.82) is 0 Å². The quantitative estimate of drug-likeness (QED) is 0.719. The van der Waals surface area contributed by atoms with Crippen molar-refractivity contribution in [2.24, 2.45) is 0 Å². The van der Waals surface area contributed by atoms with Crippen LogP contribution in [0.1, 0.15) is 15.9 Å². The van der Waals surface area contributed by atoms with Crippen LogP contribution in [0, 0.1) is 11.6 Å². The van der Waals surface area contributed by atoms with E-state index in [-0.39, 0.29) is 12.5 Å². The molecule has 1 amide bonds. The van der Waals surface area contributed by atoms with Crippen molar-refractivity contribution >= 4 is 11.7 Å². The monoisotopic (exact) mass is 373 g/mol. The van der Waals surface area contributed by atoms with E-state index in [1.54, 1.807) is 29.0 Å². The molecule has 0 saturated heterocycles. The number of benzene rings is 2. The lowest BCUT2D eigenvalue weighted by molar-refractivity contribution is 0.102. The Morgan fingerprint density at radius 2 is 1.89 bits per heavy atom. The van der Waals surface area contributed by atoms with Crippen LogP contribution in [0.4, 0.5) is 14.6 Å². The minimum Gasteiger partial charge on any atom is -0.493 e. The maximum Gasteiger partial charge on any atom is 0.256 e. The highest BCUT2D eigenvalue weighted by atomic mass is 19.1. The van der Waals surface area contributed by atoms with Crippen LogP contribution in [0.2, 0.25) is 0 Å². The van der Waals surface area contributed by atoms with Crippen LogP contribution in [-0.4, -0.2) is 29.7 Å². The topological polar surface area (TPSA) is 65.4 Å². The summed E-state index contributed by atoms with van der Waals surface area (Å²) in [5.41, 5.74) is 0.679. The van der Waals surface area contributed by atoms with Crippen molar-refractivity contribution in [3.63, 3.8) is 0 Å². The summed E-state index contributed by atoms with van der Waals surface area (Å²) in [6.45, 7) is 0.158. The van der Waals surface area contributed by atoms with E-state index >= 15 is 0 Å². The molecule has 6 nitrogen and oxygen atoms in total. The maximum absolute atomic E-state index is 13.7. The molecule has 0 aliphatic carbocycles. The Morgan fingerprint density at radius 3 is 2.59 bits per heavy atom. The van der Waals surface area contributed by atoms with Gasteiger partial charge in [0.1, 0.15) is 11.6 Å². The molecular weight excluding hydrogens is 356 g/mol. The summed E-state index contributed by atoms with van der Waals surface area (Å²) >= 11 is 0. The number of ether oxygens (including phenoxy) is 2. The second-order valence-corrected chi connectivity index (χ2v) is 5.69. The first-order valence-electron chi connectivity index (χ1n) is 7.99. The molecule has 0 saturated carbocycles. The molecule has 0 atom stereocenters. The van der Waals surface area contributed by atoms with Crippen LogP contribution < -0.4 is 14.8 Å². The van der Waals surface area contributed by atoms with Gasteiger partial charge in [-0.2, -0.15) is 0 Å². The Morgan fingerprint density at radius 1 is 1.11 bits per heavy atom. The third-order valence-corrected chi connectivity index (χ3v) is 3.89. The van der Waals surface area contributed by atoms with E-state index in [1.807, 2.05) is 0 Å². The van der Waals surface area contributed by atoms with Crippen LogP contribution in [0.3, 0.4) is 0 Å². The van der Waals surface area contributed by atoms with Gasteiger partial charge in [-0.25, -0.2) is 13.8 Å². The van der Waals surface area contributed by atoms with Gasteiger partial charge in [0.2, 0.25) is 0 Å². The Bertz CT molecular complexity index is 973. The molecule has 1 N–H and O–H groups in total. The van der Waals surface area contributed by atoms with E-state index in [1.165, 1.54) is 32.7 Å². The molecule has 0 unspecified atom stereocenters. The number of amides is 1. The van der Waals surface area contributed by atoms with Gasteiger partial charge in [-0.3, -0.25) is 4.79 Å². The number of anilines is 1. The third-order valence-electron chi connectivity index (χ3n) is 3.89. The van der Waals surface area contributed by atoms with Gasteiger partial charge in [0.25, 0.3) is 5.91 Å². The molecular formula is C19H17F2N3O3. The number of methoxy groups -OCH3 is 2. The van der Waals surface area contributed by atoms with Crippen molar-refractivity contribution in [2.45, 2.75) is 6.54 Å². The number of carbonyl (C=O) groups is 1. The second-order valence-electron chi connectivity index (χ2n) is 5.69. The van der Waals surface area contributed by atoms with E-state index in [0.29, 0.717) is 28.4 Å². The number of imidazole rings is 1. The molecule has 0 aliphatic heterocycles. The molecule has 0 radical (unpaired) electrons. The van der Waals surface area contributed by atoms with E-state index in [9.17, 15) is 13.6 Å². The lowest BCUT2D eigenvalue weighted by atomic mass is 10.2. The van der Waals surface area contributed by atoms with Crippen LogP contribution in [0.25, 0.3) is 0 Å². The number of hydrogen-bond acceptors (Lipinski definition) is 4. The molecule has 0 aliphatic rings. The zero-order valence-corrected chi connectivity index (χ0v) is 14.7. The van der Waals surface area contributed by atoms with Crippen LogP contribution in [0.15, 0.2) is 48.9 Å². The number of halogens is 2. The van der Waals surface area contributed by atoms with Crippen LogP contribution in [0.5, 0.6) is 11.5 Å². The predicted octanol–water partition coefficient (Wildman–Crippen LogP) is 3.48. The molecule has 0 fully saturated rings. The van der Waals surface area contributed by atoms with Crippen molar-refractivity contribution < 1.29 is 23.0 Å². The van der Waals surface area contributed by atoms with Crippen molar-refractivity contribution in [2.75, 3.05) is 19.5 Å². The number of carbonyl (C=O) groups excluding carboxylic acids is 1. The molecule has 0 bridgehead atoms. The molecule has 8 heteroatoms. The number of nitrogens with zero attached hydrogens (tertiary/aromatic N) is 2. The first-order valence-corrected chi connectivity index (χ1v) is 7.99. The van der Waals surface area contributed by atoms with Gasteiger partial charge in [0.15, 0.2) is 17.3 Å². The molecule has 0 spiro atoms. The average Bonchev–Trinajstić information content (AvgIpc) is 3.10. The first kappa shape index (κ1) is 18.4. The summed E-state index contributed by atoms with van der Waals surface area (Å²) in [4.78, 5) is 16.5. The highest BCUT2D eigenvalue weighted by Crippen LogP contribution is 2.27. The van der Waals surface area contributed by atoms with Gasteiger partial charge in [0.05, 0.1) is 27.1 Å². The fourth-order valence-electron chi connectivity index (χ4n) is 2.52. The number of rotatable bonds is 6. The largest absolute Gasteiger partial charge is 0.493 e. The second kappa shape index (κ2) is 7.86. The molecule has 2 aromatic carbocycles. The summed E-state index contributed by atoms with van der Waals surface area (Å²) in [5.74, 6) is -0.405. The summed E-state index contributed by atoms with van der Waals surface area (Å²) in [6, 6.07) is 8.16. The Balaban J connectivity index is 1.71. The number of aromatic nitrogens is 2. The SMILES string of the molecule is COc1ccc(C(=O)Nc2cn(Cc3ccc(F)cc3F)cn2)cc1OC. The lowest BCUT2D eigenvalue weighted by Gasteiger charge is -2.09. The molecule has 1 aromatic heterocycles. The average molecular weight is 373 g/mol. The van der Waals surface area contributed by atoms with E-state index in [0.717, 1.165) is 6.07 Å². The summed E-state index contributed by atoms with van der Waals surface area (Å²) < 4.78 is 38.6. The van der Waals surface area contributed by atoms with Gasteiger partial charge < -0.3 is 19.4 Å². The Kier molecular flexibility index (Phi) is 5.35. The van der Waals surface area contributed by atoms with Gasteiger partial charge in [0, 0.05) is 23.4 Å². The minimum atomic E-state index is -0.639. The van der Waals surface area contributed by atoms with E-state index in [2.05, 4.69) is 10.3 Å². The van der Waals surface area contributed by atoms with Gasteiger partial charge in [-0.05, 0) is 24.3 Å². The Labute approximate surface area is 154 Å². The maximum atomic E-state index is 13.7. The third kappa shape index (κ3) is 4.22. The smallest absolute Gasteiger partial charge is 0.256 e. The van der Waals surface area contributed by atoms with Crippen molar-refractivity contribution in [3.8, 4) is 11.5 Å². The molecule has 27 heavy (non-hydrogen) atoms. The fraction of sp³-hybridized carbons (Fsp3) is 0.158. The molecule has 3 rings (SSSR count). The number of nitrogens with one attached hydrogen (secondary N) is 1.